The zero-order chi connectivity index (χ0) is 14.3. The van der Waals surface area contributed by atoms with E-state index in [0.717, 1.165) is 12.8 Å². The molecule has 0 spiro atoms. The van der Waals surface area contributed by atoms with Gasteiger partial charge in [0.05, 0.1) is 6.54 Å². The first-order valence-corrected chi connectivity index (χ1v) is 7.11. The standard InChI is InChI=1S/C14H25NO4/c1-3-11(8-10-6-4-5-7-10)13(16)15-9-12(19-2)14(17)18/h10-12H,3-9H2,1-2H3,(H,15,16)(H,17,18). The predicted molar refractivity (Wildman–Crippen MR) is 71.8 cm³/mol. The van der Waals surface area contributed by atoms with Crippen LogP contribution in [0.15, 0.2) is 0 Å². The number of carboxylic acids is 1. The van der Waals surface area contributed by atoms with Crippen molar-refractivity contribution in [2.75, 3.05) is 13.7 Å². The molecule has 2 unspecified atom stereocenters. The van der Waals surface area contributed by atoms with Crippen LogP contribution >= 0.6 is 0 Å². The number of carboxylic acid groups (broad SMARTS) is 1. The van der Waals surface area contributed by atoms with Crippen LogP contribution in [0, 0.1) is 11.8 Å². The van der Waals surface area contributed by atoms with E-state index in [2.05, 4.69) is 5.32 Å². The molecular formula is C14H25NO4. The van der Waals surface area contributed by atoms with Crippen LogP contribution in [0.5, 0.6) is 0 Å². The van der Waals surface area contributed by atoms with Crippen molar-refractivity contribution in [3.63, 3.8) is 0 Å². The SMILES string of the molecule is CCC(CC1CCCC1)C(=O)NCC(OC)C(=O)O. The van der Waals surface area contributed by atoms with Crippen LogP contribution in [0.2, 0.25) is 0 Å². The highest BCUT2D eigenvalue weighted by atomic mass is 16.5. The fourth-order valence-electron chi connectivity index (χ4n) is 2.72. The normalized spacial score (nSPS) is 19.1. The van der Waals surface area contributed by atoms with Gasteiger partial charge in [-0.25, -0.2) is 4.79 Å². The molecule has 5 heteroatoms. The van der Waals surface area contributed by atoms with E-state index in [4.69, 9.17) is 9.84 Å². The highest BCUT2D eigenvalue weighted by molar-refractivity contribution is 5.80. The van der Waals surface area contributed by atoms with Gasteiger partial charge in [0.2, 0.25) is 5.91 Å². The van der Waals surface area contributed by atoms with Crippen molar-refractivity contribution >= 4 is 11.9 Å². The summed E-state index contributed by atoms with van der Waals surface area (Å²) in [5, 5.41) is 11.5. The summed E-state index contributed by atoms with van der Waals surface area (Å²) >= 11 is 0. The molecule has 0 radical (unpaired) electrons. The van der Waals surface area contributed by atoms with Crippen LogP contribution < -0.4 is 5.32 Å². The number of methoxy groups -OCH3 is 1. The van der Waals surface area contributed by atoms with Gasteiger partial charge in [0.1, 0.15) is 0 Å². The summed E-state index contributed by atoms with van der Waals surface area (Å²) in [7, 11) is 1.33. The number of carbonyl (C=O) groups is 2. The number of hydrogen-bond acceptors (Lipinski definition) is 3. The summed E-state index contributed by atoms with van der Waals surface area (Å²) in [6, 6.07) is 0. The quantitative estimate of drug-likeness (QED) is 0.706. The van der Waals surface area contributed by atoms with Crippen LogP contribution in [-0.4, -0.2) is 36.7 Å². The molecule has 1 aliphatic carbocycles. The Morgan fingerprint density at radius 3 is 2.47 bits per heavy atom. The predicted octanol–water partition coefficient (Wildman–Crippen LogP) is 1.81. The van der Waals surface area contributed by atoms with Gasteiger partial charge < -0.3 is 15.2 Å². The summed E-state index contributed by atoms with van der Waals surface area (Å²) < 4.78 is 4.79. The molecule has 0 aromatic heterocycles. The second kappa shape index (κ2) is 8.15. The van der Waals surface area contributed by atoms with Crippen molar-refractivity contribution in [2.24, 2.45) is 11.8 Å². The summed E-state index contributed by atoms with van der Waals surface area (Å²) in [6.45, 7) is 2.04. The monoisotopic (exact) mass is 271 g/mol. The number of carbonyl (C=O) groups excluding carboxylic acids is 1. The Balaban J connectivity index is 2.38. The Bertz CT molecular complexity index is 300. The fourth-order valence-corrected chi connectivity index (χ4v) is 2.72. The zero-order valence-electron chi connectivity index (χ0n) is 11.9. The molecule has 1 fully saturated rings. The summed E-state index contributed by atoms with van der Waals surface area (Å²) in [5.41, 5.74) is 0. The molecule has 0 aliphatic heterocycles. The molecule has 0 saturated heterocycles. The lowest BCUT2D eigenvalue weighted by Crippen LogP contribution is -2.40. The van der Waals surface area contributed by atoms with E-state index >= 15 is 0 Å². The van der Waals surface area contributed by atoms with E-state index in [-0.39, 0.29) is 18.4 Å². The Morgan fingerprint density at radius 2 is 2.00 bits per heavy atom. The lowest BCUT2D eigenvalue weighted by Gasteiger charge is -2.19. The maximum absolute atomic E-state index is 12.0. The number of rotatable bonds is 8. The lowest BCUT2D eigenvalue weighted by atomic mass is 9.91. The second-order valence-corrected chi connectivity index (χ2v) is 5.30. The van der Waals surface area contributed by atoms with Gasteiger partial charge in [-0.1, -0.05) is 32.6 Å². The average Bonchev–Trinajstić information content (AvgIpc) is 2.88. The van der Waals surface area contributed by atoms with Crippen LogP contribution in [0.1, 0.15) is 45.4 Å². The van der Waals surface area contributed by atoms with Crippen molar-refractivity contribution < 1.29 is 19.4 Å². The van der Waals surface area contributed by atoms with E-state index in [1.165, 1.54) is 32.8 Å². The lowest BCUT2D eigenvalue weighted by molar-refractivity contribution is -0.148. The van der Waals surface area contributed by atoms with Gasteiger partial charge in [-0.15, -0.1) is 0 Å². The minimum absolute atomic E-state index is 0.00518. The third-order valence-electron chi connectivity index (χ3n) is 3.98. The summed E-state index contributed by atoms with van der Waals surface area (Å²) in [5.74, 6) is -0.438. The third-order valence-corrected chi connectivity index (χ3v) is 3.98. The first kappa shape index (κ1) is 16.0. The smallest absolute Gasteiger partial charge is 0.334 e. The van der Waals surface area contributed by atoms with Gasteiger partial charge >= 0.3 is 5.97 Å². The molecule has 19 heavy (non-hydrogen) atoms. The summed E-state index contributed by atoms with van der Waals surface area (Å²) in [6.07, 6.45) is 5.74. The molecule has 1 rings (SSSR count). The van der Waals surface area contributed by atoms with Crippen LogP contribution in [0.25, 0.3) is 0 Å². The molecule has 0 aromatic rings. The van der Waals surface area contributed by atoms with E-state index in [1.54, 1.807) is 0 Å². The Kier molecular flexibility index (Phi) is 6.84. The summed E-state index contributed by atoms with van der Waals surface area (Å²) in [4.78, 5) is 22.8. The molecule has 110 valence electrons. The fraction of sp³-hybridized carbons (Fsp3) is 0.857. The molecule has 0 aromatic carbocycles. The Hall–Kier alpha value is -1.10. The molecule has 1 saturated carbocycles. The molecule has 5 nitrogen and oxygen atoms in total. The Morgan fingerprint density at radius 1 is 1.37 bits per heavy atom. The molecule has 1 amide bonds. The van der Waals surface area contributed by atoms with Crippen molar-refractivity contribution in [2.45, 2.75) is 51.6 Å². The first-order valence-electron chi connectivity index (χ1n) is 7.11. The topological polar surface area (TPSA) is 75.6 Å². The zero-order valence-corrected chi connectivity index (χ0v) is 11.9. The molecule has 0 bridgehead atoms. The van der Waals surface area contributed by atoms with Gasteiger partial charge in [0.15, 0.2) is 6.10 Å². The second-order valence-electron chi connectivity index (χ2n) is 5.30. The third kappa shape index (κ3) is 5.19. The van der Waals surface area contributed by atoms with Crippen molar-refractivity contribution in [1.29, 1.82) is 0 Å². The maximum atomic E-state index is 12.0. The van der Waals surface area contributed by atoms with Crippen LogP contribution in [0.4, 0.5) is 0 Å². The molecule has 0 heterocycles. The molecular weight excluding hydrogens is 246 g/mol. The first-order chi connectivity index (χ1) is 9.08. The van der Waals surface area contributed by atoms with E-state index in [0.29, 0.717) is 5.92 Å². The maximum Gasteiger partial charge on any atom is 0.334 e. The van der Waals surface area contributed by atoms with Gasteiger partial charge in [0.25, 0.3) is 0 Å². The van der Waals surface area contributed by atoms with E-state index in [9.17, 15) is 9.59 Å². The van der Waals surface area contributed by atoms with E-state index in [1.807, 2.05) is 6.92 Å². The van der Waals surface area contributed by atoms with Gasteiger partial charge in [-0.3, -0.25) is 4.79 Å². The minimum atomic E-state index is -1.05. The van der Waals surface area contributed by atoms with E-state index < -0.39 is 12.1 Å². The minimum Gasteiger partial charge on any atom is -0.479 e. The van der Waals surface area contributed by atoms with Crippen LogP contribution in [-0.2, 0) is 14.3 Å². The Labute approximate surface area is 114 Å². The van der Waals surface area contributed by atoms with Crippen molar-refractivity contribution in [3.8, 4) is 0 Å². The largest absolute Gasteiger partial charge is 0.479 e. The van der Waals surface area contributed by atoms with Gasteiger partial charge in [-0.2, -0.15) is 0 Å². The molecule has 2 N–H and O–H groups in total. The number of hydrogen-bond donors (Lipinski definition) is 2. The van der Waals surface area contributed by atoms with Crippen LogP contribution in [0.3, 0.4) is 0 Å². The number of nitrogens with one attached hydrogen (secondary N) is 1. The highest BCUT2D eigenvalue weighted by Crippen LogP contribution is 2.31. The van der Waals surface area contributed by atoms with Crippen molar-refractivity contribution in [1.82, 2.24) is 5.32 Å². The number of ether oxygens (including phenoxy) is 1. The molecule has 2 atom stereocenters. The van der Waals surface area contributed by atoms with Gasteiger partial charge in [0, 0.05) is 13.0 Å². The highest BCUT2D eigenvalue weighted by Gasteiger charge is 2.25. The van der Waals surface area contributed by atoms with Gasteiger partial charge in [-0.05, 0) is 18.8 Å². The number of amides is 1. The average molecular weight is 271 g/mol. The number of aliphatic carboxylic acids is 1. The van der Waals surface area contributed by atoms with Crippen molar-refractivity contribution in [3.05, 3.63) is 0 Å². The molecule has 1 aliphatic rings.